The predicted molar refractivity (Wildman–Crippen MR) is 78.1 cm³/mol. The van der Waals surface area contributed by atoms with Gasteiger partial charge in [-0.1, -0.05) is 12.1 Å². The van der Waals surface area contributed by atoms with Crippen LogP contribution in [0, 0.1) is 5.92 Å². The van der Waals surface area contributed by atoms with E-state index in [2.05, 4.69) is 15.9 Å². The Balaban J connectivity index is 2.07. The van der Waals surface area contributed by atoms with Crippen LogP contribution in [0.2, 0.25) is 0 Å². The monoisotopic (exact) mass is 329 g/mol. The van der Waals surface area contributed by atoms with E-state index in [4.69, 9.17) is 11.6 Å². The van der Waals surface area contributed by atoms with Gasteiger partial charge in [0.15, 0.2) is 0 Å². The molecule has 0 aromatic heterocycles. The quantitative estimate of drug-likeness (QED) is 0.769. The molecule has 4 heteroatoms. The molecule has 1 atom stereocenters. The third-order valence-corrected chi connectivity index (χ3v) is 4.34. The summed E-state index contributed by atoms with van der Waals surface area (Å²) in [6.07, 6.45) is 3.27. The largest absolute Gasteiger partial charge is 0.338 e. The first-order valence-corrected chi connectivity index (χ1v) is 7.65. The molecule has 0 bridgehead atoms. The van der Waals surface area contributed by atoms with Crippen molar-refractivity contribution in [2.75, 3.05) is 19.0 Å². The zero-order chi connectivity index (χ0) is 13.0. The molecule has 1 unspecified atom stereocenters. The fourth-order valence-electron chi connectivity index (χ4n) is 2.44. The molecule has 1 aromatic rings. The van der Waals surface area contributed by atoms with E-state index in [1.807, 2.05) is 29.2 Å². The lowest BCUT2D eigenvalue weighted by Crippen LogP contribution is -2.40. The van der Waals surface area contributed by atoms with E-state index in [1.165, 1.54) is 6.42 Å². The second-order valence-electron chi connectivity index (χ2n) is 4.72. The Bertz CT molecular complexity index is 422. The van der Waals surface area contributed by atoms with Gasteiger partial charge in [-0.15, -0.1) is 11.6 Å². The van der Waals surface area contributed by atoms with Crippen molar-refractivity contribution < 1.29 is 4.79 Å². The number of nitrogens with zero attached hydrogens (tertiary/aromatic N) is 1. The highest BCUT2D eigenvalue weighted by Crippen LogP contribution is 2.24. The maximum Gasteiger partial charge on any atom is 0.255 e. The van der Waals surface area contributed by atoms with Crippen molar-refractivity contribution in [2.24, 2.45) is 5.92 Å². The van der Waals surface area contributed by atoms with Crippen molar-refractivity contribution in [3.8, 4) is 0 Å². The number of likely N-dealkylation sites (tertiary alicyclic amines) is 1. The van der Waals surface area contributed by atoms with Gasteiger partial charge in [0, 0.05) is 23.4 Å². The van der Waals surface area contributed by atoms with Crippen LogP contribution in [-0.4, -0.2) is 29.8 Å². The fourth-order valence-corrected chi connectivity index (χ4v) is 3.21. The number of rotatable bonds is 3. The van der Waals surface area contributed by atoms with Crippen LogP contribution >= 0.6 is 27.5 Å². The lowest BCUT2D eigenvalue weighted by molar-refractivity contribution is 0.0670. The summed E-state index contributed by atoms with van der Waals surface area (Å²) >= 11 is 9.23. The molecule has 18 heavy (non-hydrogen) atoms. The van der Waals surface area contributed by atoms with Crippen LogP contribution < -0.4 is 0 Å². The number of carbonyl (C=O) groups excluding carboxylic acids is 1. The molecule has 0 radical (unpaired) electrons. The maximum absolute atomic E-state index is 12.4. The molecular weight excluding hydrogens is 314 g/mol. The average Bonchev–Trinajstić information content (AvgIpc) is 2.39. The number of alkyl halides is 1. The summed E-state index contributed by atoms with van der Waals surface area (Å²) < 4.78 is 0.870. The Hall–Kier alpha value is -0.540. The standard InChI is InChI=1S/C14H17BrClNO/c15-13-6-2-1-5-12(13)14(18)17-9-3-4-11(10-17)7-8-16/h1-2,5-6,11H,3-4,7-10H2. The van der Waals surface area contributed by atoms with Gasteiger partial charge in [-0.3, -0.25) is 4.79 Å². The Morgan fingerprint density at radius 3 is 2.94 bits per heavy atom. The summed E-state index contributed by atoms with van der Waals surface area (Å²) in [5, 5.41) is 0. The first kappa shape index (κ1) is 13.9. The second-order valence-corrected chi connectivity index (χ2v) is 5.95. The second kappa shape index (κ2) is 6.58. The molecule has 1 heterocycles. The minimum atomic E-state index is 0.127. The lowest BCUT2D eigenvalue weighted by Gasteiger charge is -2.32. The Kier molecular flexibility index (Phi) is 5.07. The summed E-state index contributed by atoms with van der Waals surface area (Å²) in [7, 11) is 0. The molecule has 0 spiro atoms. The lowest BCUT2D eigenvalue weighted by atomic mass is 9.95. The molecule has 1 aliphatic heterocycles. The van der Waals surface area contributed by atoms with Gasteiger partial charge in [-0.05, 0) is 53.2 Å². The zero-order valence-electron chi connectivity index (χ0n) is 10.2. The van der Waals surface area contributed by atoms with Crippen LogP contribution in [0.3, 0.4) is 0 Å². The van der Waals surface area contributed by atoms with Gasteiger partial charge in [0.25, 0.3) is 5.91 Å². The van der Waals surface area contributed by atoms with E-state index in [1.54, 1.807) is 0 Å². The smallest absolute Gasteiger partial charge is 0.255 e. The molecule has 0 N–H and O–H groups in total. The van der Waals surface area contributed by atoms with Crippen molar-refractivity contribution >= 4 is 33.4 Å². The molecule has 98 valence electrons. The van der Waals surface area contributed by atoms with E-state index in [0.717, 1.165) is 36.0 Å². The molecule has 1 fully saturated rings. The first-order valence-electron chi connectivity index (χ1n) is 6.32. The minimum absolute atomic E-state index is 0.127. The van der Waals surface area contributed by atoms with E-state index in [0.29, 0.717) is 11.8 Å². The maximum atomic E-state index is 12.4. The van der Waals surface area contributed by atoms with Crippen LogP contribution in [0.5, 0.6) is 0 Å². The van der Waals surface area contributed by atoms with Gasteiger partial charge >= 0.3 is 0 Å². The van der Waals surface area contributed by atoms with Crippen molar-refractivity contribution in [1.29, 1.82) is 0 Å². The number of carbonyl (C=O) groups is 1. The molecule has 0 aliphatic carbocycles. The van der Waals surface area contributed by atoms with Gasteiger partial charge in [0.2, 0.25) is 0 Å². The SMILES string of the molecule is O=C(c1ccccc1Br)N1CCCC(CCCl)C1. The van der Waals surface area contributed by atoms with Crippen molar-refractivity contribution in [1.82, 2.24) is 4.90 Å². The third-order valence-electron chi connectivity index (χ3n) is 3.43. The summed E-state index contributed by atoms with van der Waals surface area (Å²) in [5.74, 6) is 1.37. The van der Waals surface area contributed by atoms with Gasteiger partial charge in [-0.25, -0.2) is 0 Å². The molecule has 1 aliphatic rings. The third kappa shape index (κ3) is 3.27. The molecular formula is C14H17BrClNO. The summed E-state index contributed by atoms with van der Waals surface area (Å²) in [6, 6.07) is 7.61. The van der Waals surface area contributed by atoms with Crippen LogP contribution in [0.25, 0.3) is 0 Å². The number of halogens is 2. The number of piperidine rings is 1. The number of benzene rings is 1. The Labute approximate surface area is 121 Å². The van der Waals surface area contributed by atoms with Gasteiger partial charge < -0.3 is 4.90 Å². The van der Waals surface area contributed by atoms with Crippen molar-refractivity contribution in [2.45, 2.75) is 19.3 Å². The fraction of sp³-hybridized carbons (Fsp3) is 0.500. The van der Waals surface area contributed by atoms with Crippen LogP contribution in [0.4, 0.5) is 0 Å². The average molecular weight is 331 g/mol. The normalized spacial score (nSPS) is 19.9. The highest BCUT2D eigenvalue weighted by Gasteiger charge is 2.24. The van der Waals surface area contributed by atoms with Crippen molar-refractivity contribution in [3.63, 3.8) is 0 Å². The topological polar surface area (TPSA) is 20.3 Å². The first-order chi connectivity index (χ1) is 8.72. The van der Waals surface area contributed by atoms with Crippen LogP contribution in [0.15, 0.2) is 28.7 Å². The highest BCUT2D eigenvalue weighted by atomic mass is 79.9. The summed E-state index contributed by atoms with van der Waals surface area (Å²) in [6.45, 7) is 1.70. The van der Waals surface area contributed by atoms with E-state index >= 15 is 0 Å². The van der Waals surface area contributed by atoms with Crippen LogP contribution in [-0.2, 0) is 0 Å². The molecule has 1 amide bonds. The zero-order valence-corrected chi connectivity index (χ0v) is 12.6. The van der Waals surface area contributed by atoms with Gasteiger partial charge in [0.1, 0.15) is 0 Å². The minimum Gasteiger partial charge on any atom is -0.338 e. The van der Waals surface area contributed by atoms with E-state index in [-0.39, 0.29) is 5.91 Å². The van der Waals surface area contributed by atoms with Gasteiger partial charge in [-0.2, -0.15) is 0 Å². The molecule has 0 saturated carbocycles. The predicted octanol–water partition coefficient (Wildman–Crippen LogP) is 3.93. The summed E-state index contributed by atoms with van der Waals surface area (Å²) in [5.41, 5.74) is 0.754. The molecule has 2 rings (SSSR count). The number of hydrogen-bond acceptors (Lipinski definition) is 1. The Morgan fingerprint density at radius 2 is 2.22 bits per heavy atom. The van der Waals surface area contributed by atoms with E-state index < -0.39 is 0 Å². The highest BCUT2D eigenvalue weighted by molar-refractivity contribution is 9.10. The number of hydrogen-bond donors (Lipinski definition) is 0. The summed E-state index contributed by atoms with van der Waals surface area (Å²) in [4.78, 5) is 14.4. The molecule has 1 saturated heterocycles. The number of amides is 1. The van der Waals surface area contributed by atoms with Crippen LogP contribution in [0.1, 0.15) is 29.6 Å². The van der Waals surface area contributed by atoms with Crippen molar-refractivity contribution in [3.05, 3.63) is 34.3 Å². The molecule has 2 nitrogen and oxygen atoms in total. The van der Waals surface area contributed by atoms with Gasteiger partial charge in [0.05, 0.1) is 5.56 Å². The van der Waals surface area contributed by atoms with E-state index in [9.17, 15) is 4.79 Å². The molecule has 1 aromatic carbocycles. The Morgan fingerprint density at radius 1 is 1.44 bits per heavy atom.